The highest BCUT2D eigenvalue weighted by Gasteiger charge is 2.02. The largest absolute Gasteiger partial charge is 0.0885 e. The summed E-state index contributed by atoms with van der Waals surface area (Å²) in [5, 5.41) is 0. The lowest BCUT2D eigenvalue weighted by Crippen LogP contribution is -1.95. The van der Waals surface area contributed by atoms with Crippen LogP contribution in [-0.2, 0) is 0 Å². The Morgan fingerprint density at radius 3 is 1.10 bits per heavy atom. The van der Waals surface area contributed by atoms with Crippen LogP contribution in [0.5, 0.6) is 0 Å². The van der Waals surface area contributed by atoms with Crippen molar-refractivity contribution in [2.45, 2.75) is 175 Å². The van der Waals surface area contributed by atoms with Crippen LogP contribution in [-0.4, -0.2) is 0 Å². The van der Waals surface area contributed by atoms with Gasteiger partial charge in [0.2, 0.25) is 0 Å². The molecule has 0 radical (unpaired) electrons. The minimum absolute atomic E-state index is 0.951. The van der Waals surface area contributed by atoms with Crippen LogP contribution in [0.2, 0.25) is 0 Å². The topological polar surface area (TPSA) is 0 Å². The average molecular weight is 421 g/mol. The van der Waals surface area contributed by atoms with Crippen LogP contribution in [0.3, 0.4) is 0 Å². The third kappa shape index (κ3) is 25.8. The van der Waals surface area contributed by atoms with E-state index in [-0.39, 0.29) is 0 Å². The van der Waals surface area contributed by atoms with E-state index in [0.717, 1.165) is 5.92 Å². The smallest absolute Gasteiger partial charge is 0.0351 e. The van der Waals surface area contributed by atoms with Gasteiger partial charge >= 0.3 is 0 Å². The lowest BCUT2D eigenvalue weighted by molar-refractivity contribution is 0.434. The summed E-state index contributed by atoms with van der Waals surface area (Å²) >= 11 is 0. The Kier molecular flexibility index (Phi) is 26.5. The SMILES string of the molecule is CCCCCCCCCCCC/C=C/CCCCCC(C)CCCCCCCCC. The first-order chi connectivity index (χ1) is 14.8. The number of hydrogen-bond donors (Lipinski definition) is 0. The number of allylic oxidation sites excluding steroid dienone is 2. The van der Waals surface area contributed by atoms with Crippen LogP contribution in [0.4, 0.5) is 0 Å². The molecule has 0 amide bonds. The fourth-order valence-corrected chi connectivity index (χ4v) is 4.51. The highest BCUT2D eigenvalue weighted by molar-refractivity contribution is 4.81. The van der Waals surface area contributed by atoms with Gasteiger partial charge in [-0.05, 0) is 31.6 Å². The minimum atomic E-state index is 0.951. The standard InChI is InChI=1S/C30H60/c1-4-6-8-10-12-13-14-15-16-17-18-19-20-21-23-25-27-29-30(3)28-26-24-22-11-9-7-5-2/h19-20,30H,4-18,21-29H2,1-3H3/b20-19+. The molecule has 0 saturated carbocycles. The number of rotatable bonds is 25. The molecule has 0 aliphatic carbocycles. The number of unbranched alkanes of at least 4 members (excludes halogenated alkanes) is 19. The van der Waals surface area contributed by atoms with Crippen molar-refractivity contribution in [3.05, 3.63) is 12.2 Å². The van der Waals surface area contributed by atoms with Crippen molar-refractivity contribution in [2.75, 3.05) is 0 Å². The van der Waals surface area contributed by atoms with E-state index in [4.69, 9.17) is 0 Å². The maximum atomic E-state index is 2.48. The van der Waals surface area contributed by atoms with E-state index in [2.05, 4.69) is 32.9 Å². The van der Waals surface area contributed by atoms with E-state index in [1.54, 1.807) is 0 Å². The predicted octanol–water partition coefficient (Wildman–Crippen LogP) is 11.6. The summed E-state index contributed by atoms with van der Waals surface area (Å²) in [6, 6.07) is 0. The highest BCUT2D eigenvalue weighted by atomic mass is 14.1. The second kappa shape index (κ2) is 26.8. The first-order valence-corrected chi connectivity index (χ1v) is 14.5. The van der Waals surface area contributed by atoms with Gasteiger partial charge < -0.3 is 0 Å². The molecule has 0 bridgehead atoms. The van der Waals surface area contributed by atoms with Crippen LogP contribution < -0.4 is 0 Å². The van der Waals surface area contributed by atoms with Crippen LogP contribution in [0.25, 0.3) is 0 Å². The predicted molar refractivity (Wildman–Crippen MR) is 140 cm³/mol. The summed E-state index contributed by atoms with van der Waals surface area (Å²) in [6.45, 7) is 7.08. The lowest BCUT2D eigenvalue weighted by atomic mass is 9.96. The van der Waals surface area contributed by atoms with Crippen molar-refractivity contribution < 1.29 is 0 Å². The summed E-state index contributed by atoms with van der Waals surface area (Å²) in [7, 11) is 0. The summed E-state index contributed by atoms with van der Waals surface area (Å²) in [5.74, 6) is 0.951. The third-order valence-corrected chi connectivity index (χ3v) is 6.76. The molecule has 0 N–H and O–H groups in total. The minimum Gasteiger partial charge on any atom is -0.0885 e. The summed E-state index contributed by atoms with van der Waals surface area (Å²) in [5.41, 5.74) is 0. The third-order valence-electron chi connectivity index (χ3n) is 6.76. The molecule has 0 spiro atoms. The van der Waals surface area contributed by atoms with Gasteiger partial charge in [-0.15, -0.1) is 0 Å². The first kappa shape index (κ1) is 29.7. The Labute approximate surface area is 193 Å². The van der Waals surface area contributed by atoms with Crippen LogP contribution in [0, 0.1) is 5.92 Å². The summed E-state index contributed by atoms with van der Waals surface area (Å²) in [6.07, 6.45) is 39.3. The van der Waals surface area contributed by atoms with Crippen molar-refractivity contribution in [1.82, 2.24) is 0 Å². The molecule has 30 heavy (non-hydrogen) atoms. The molecule has 0 nitrogen and oxygen atoms in total. The van der Waals surface area contributed by atoms with Crippen molar-refractivity contribution in [3.63, 3.8) is 0 Å². The Morgan fingerprint density at radius 1 is 0.400 bits per heavy atom. The highest BCUT2D eigenvalue weighted by Crippen LogP contribution is 2.18. The van der Waals surface area contributed by atoms with E-state index in [0.29, 0.717) is 0 Å². The summed E-state index contributed by atoms with van der Waals surface area (Å²) in [4.78, 5) is 0. The zero-order chi connectivity index (χ0) is 22.0. The van der Waals surface area contributed by atoms with Crippen molar-refractivity contribution in [1.29, 1.82) is 0 Å². The molecule has 1 unspecified atom stereocenters. The van der Waals surface area contributed by atoms with Crippen LogP contribution >= 0.6 is 0 Å². The zero-order valence-corrected chi connectivity index (χ0v) is 21.7. The second-order valence-electron chi connectivity index (χ2n) is 10.1. The van der Waals surface area contributed by atoms with Crippen LogP contribution in [0.1, 0.15) is 175 Å². The van der Waals surface area contributed by atoms with Gasteiger partial charge in [0, 0.05) is 0 Å². The molecule has 0 heterocycles. The molecule has 0 aromatic carbocycles. The van der Waals surface area contributed by atoms with Crippen LogP contribution in [0.15, 0.2) is 12.2 Å². The second-order valence-corrected chi connectivity index (χ2v) is 10.1. The fraction of sp³-hybridized carbons (Fsp3) is 0.933. The van der Waals surface area contributed by atoms with Gasteiger partial charge in [-0.1, -0.05) is 161 Å². The normalized spacial score (nSPS) is 12.8. The molecular weight excluding hydrogens is 360 g/mol. The van der Waals surface area contributed by atoms with Gasteiger partial charge in [0.15, 0.2) is 0 Å². The molecule has 0 rings (SSSR count). The van der Waals surface area contributed by atoms with Gasteiger partial charge in [-0.25, -0.2) is 0 Å². The van der Waals surface area contributed by atoms with E-state index in [1.165, 1.54) is 154 Å². The maximum absolute atomic E-state index is 2.48. The van der Waals surface area contributed by atoms with Crippen molar-refractivity contribution in [2.24, 2.45) is 5.92 Å². The van der Waals surface area contributed by atoms with Gasteiger partial charge in [0.05, 0.1) is 0 Å². The quantitative estimate of drug-likeness (QED) is 0.102. The van der Waals surface area contributed by atoms with E-state index >= 15 is 0 Å². The Balaban J connectivity index is 3.19. The average Bonchev–Trinajstić information content (AvgIpc) is 2.75. The van der Waals surface area contributed by atoms with Crippen molar-refractivity contribution in [3.8, 4) is 0 Å². The van der Waals surface area contributed by atoms with Gasteiger partial charge in [0.1, 0.15) is 0 Å². The molecule has 1 atom stereocenters. The Morgan fingerprint density at radius 2 is 0.700 bits per heavy atom. The fourth-order valence-electron chi connectivity index (χ4n) is 4.51. The molecule has 0 aromatic rings. The molecule has 0 fully saturated rings. The van der Waals surface area contributed by atoms with Crippen molar-refractivity contribution >= 4 is 0 Å². The maximum Gasteiger partial charge on any atom is -0.0351 e. The molecular formula is C30H60. The Bertz CT molecular complexity index is 316. The van der Waals surface area contributed by atoms with E-state index in [9.17, 15) is 0 Å². The summed E-state index contributed by atoms with van der Waals surface area (Å²) < 4.78 is 0. The molecule has 0 aliphatic rings. The lowest BCUT2D eigenvalue weighted by Gasteiger charge is -2.10. The Hall–Kier alpha value is -0.260. The molecule has 0 aliphatic heterocycles. The zero-order valence-electron chi connectivity index (χ0n) is 21.7. The monoisotopic (exact) mass is 420 g/mol. The molecule has 0 saturated heterocycles. The van der Waals surface area contributed by atoms with Gasteiger partial charge in [-0.2, -0.15) is 0 Å². The first-order valence-electron chi connectivity index (χ1n) is 14.5. The van der Waals surface area contributed by atoms with Gasteiger partial charge in [-0.3, -0.25) is 0 Å². The number of hydrogen-bond acceptors (Lipinski definition) is 0. The van der Waals surface area contributed by atoms with E-state index in [1.807, 2.05) is 0 Å². The molecule has 0 heteroatoms. The molecule has 180 valence electrons. The van der Waals surface area contributed by atoms with Gasteiger partial charge in [0.25, 0.3) is 0 Å². The molecule has 0 aromatic heterocycles. The van der Waals surface area contributed by atoms with E-state index < -0.39 is 0 Å².